The van der Waals surface area contributed by atoms with Crippen LogP contribution in [0, 0.1) is 5.92 Å². The third kappa shape index (κ3) is 4.71. The molecule has 2 aliphatic heterocycles. The number of hydrogen-bond acceptors (Lipinski definition) is 3. The molecule has 0 aliphatic carbocycles. The number of nitrogens with one attached hydrogen (secondary N) is 1. The summed E-state index contributed by atoms with van der Waals surface area (Å²) in [5.41, 5.74) is 2.07. The lowest BCUT2D eigenvalue weighted by Crippen LogP contribution is -2.46. The summed E-state index contributed by atoms with van der Waals surface area (Å²) in [5, 5.41) is 5.37. The van der Waals surface area contributed by atoms with E-state index in [-0.39, 0.29) is 23.8 Å². The fourth-order valence-electron chi connectivity index (χ4n) is 5.45. The fraction of sp³-hybridized carbons (Fsp3) is 0.379. The van der Waals surface area contributed by atoms with Crippen molar-refractivity contribution in [2.45, 2.75) is 38.3 Å². The molecule has 2 fully saturated rings. The summed E-state index contributed by atoms with van der Waals surface area (Å²) in [7, 11) is 0. The Morgan fingerprint density at radius 1 is 0.853 bits per heavy atom. The van der Waals surface area contributed by atoms with Gasteiger partial charge in [0, 0.05) is 49.7 Å². The van der Waals surface area contributed by atoms with Gasteiger partial charge in [-0.05, 0) is 48.6 Å². The maximum atomic E-state index is 13.2. The van der Waals surface area contributed by atoms with Gasteiger partial charge in [-0.2, -0.15) is 0 Å². The second-order valence-corrected chi connectivity index (χ2v) is 9.67. The summed E-state index contributed by atoms with van der Waals surface area (Å²) >= 11 is 0. The highest BCUT2D eigenvalue weighted by Gasteiger charge is 2.32. The van der Waals surface area contributed by atoms with E-state index in [4.69, 9.17) is 0 Å². The first kappa shape index (κ1) is 22.6. The normalized spacial score (nSPS) is 20.4. The van der Waals surface area contributed by atoms with Crippen LogP contribution < -0.4 is 5.32 Å². The van der Waals surface area contributed by atoms with Crippen LogP contribution in [0.3, 0.4) is 0 Å². The van der Waals surface area contributed by atoms with Crippen molar-refractivity contribution in [1.82, 2.24) is 15.1 Å². The van der Waals surface area contributed by atoms with Crippen LogP contribution in [0.4, 0.5) is 0 Å². The van der Waals surface area contributed by atoms with Crippen LogP contribution in [0.1, 0.15) is 48.1 Å². The Labute approximate surface area is 201 Å². The molecule has 0 bridgehead atoms. The number of piperidine rings is 1. The van der Waals surface area contributed by atoms with Gasteiger partial charge in [0.25, 0.3) is 5.91 Å². The van der Waals surface area contributed by atoms with E-state index >= 15 is 0 Å². The van der Waals surface area contributed by atoms with Gasteiger partial charge in [0.1, 0.15) is 0 Å². The van der Waals surface area contributed by atoms with E-state index in [1.807, 2.05) is 53.4 Å². The van der Waals surface area contributed by atoms with Crippen molar-refractivity contribution in [2.75, 3.05) is 26.2 Å². The van der Waals surface area contributed by atoms with Gasteiger partial charge in [0.15, 0.2) is 0 Å². The third-order valence-electron chi connectivity index (χ3n) is 7.57. The predicted molar refractivity (Wildman–Crippen MR) is 136 cm³/mol. The van der Waals surface area contributed by atoms with Crippen LogP contribution >= 0.6 is 0 Å². The molecule has 34 heavy (non-hydrogen) atoms. The van der Waals surface area contributed by atoms with E-state index in [1.54, 1.807) is 0 Å². The third-order valence-corrected chi connectivity index (χ3v) is 7.57. The molecule has 5 nitrogen and oxygen atoms in total. The van der Waals surface area contributed by atoms with E-state index < -0.39 is 0 Å². The quantitative estimate of drug-likeness (QED) is 0.610. The molecule has 1 N–H and O–H groups in total. The van der Waals surface area contributed by atoms with Gasteiger partial charge in [0.2, 0.25) is 5.91 Å². The number of benzene rings is 3. The lowest BCUT2D eigenvalue weighted by Gasteiger charge is -2.32. The lowest BCUT2D eigenvalue weighted by atomic mass is 9.94. The van der Waals surface area contributed by atoms with E-state index in [9.17, 15) is 9.59 Å². The Morgan fingerprint density at radius 3 is 2.35 bits per heavy atom. The van der Waals surface area contributed by atoms with Gasteiger partial charge >= 0.3 is 0 Å². The monoisotopic (exact) mass is 455 g/mol. The average molecular weight is 456 g/mol. The van der Waals surface area contributed by atoms with Crippen molar-refractivity contribution in [2.24, 2.45) is 5.92 Å². The molecule has 0 radical (unpaired) electrons. The number of rotatable bonds is 5. The Balaban J connectivity index is 1.13. The highest BCUT2D eigenvalue weighted by Crippen LogP contribution is 2.26. The van der Waals surface area contributed by atoms with Crippen molar-refractivity contribution >= 4 is 22.6 Å². The molecule has 3 aromatic carbocycles. The predicted octanol–water partition coefficient (Wildman–Crippen LogP) is 4.64. The molecule has 0 aromatic heterocycles. The van der Waals surface area contributed by atoms with Crippen LogP contribution in [0.15, 0.2) is 72.8 Å². The standard InChI is InChI=1S/C29H33N3O2/c1-21(22-8-3-2-4-9-22)32-19-16-25(20-32)30-28(33)24-14-17-31(18-15-24)29(34)27-13-7-11-23-10-5-6-12-26(23)27/h2-13,21,24-25H,14-20H2,1H3,(H,30,33). The van der Waals surface area contributed by atoms with Crippen molar-refractivity contribution in [3.63, 3.8) is 0 Å². The number of carbonyl (C=O) groups is 2. The van der Waals surface area contributed by atoms with E-state index in [0.29, 0.717) is 19.1 Å². The maximum Gasteiger partial charge on any atom is 0.254 e. The molecule has 2 aliphatic rings. The smallest absolute Gasteiger partial charge is 0.254 e. The number of hydrogen-bond donors (Lipinski definition) is 1. The van der Waals surface area contributed by atoms with Gasteiger partial charge in [0.05, 0.1) is 0 Å². The molecule has 5 rings (SSSR count). The van der Waals surface area contributed by atoms with Crippen LogP contribution in [0.2, 0.25) is 0 Å². The molecule has 3 aromatic rings. The van der Waals surface area contributed by atoms with Crippen molar-refractivity contribution in [3.05, 3.63) is 83.9 Å². The maximum absolute atomic E-state index is 13.2. The molecule has 176 valence electrons. The molecule has 5 heteroatoms. The molecule has 2 saturated heterocycles. The second kappa shape index (κ2) is 9.98. The minimum absolute atomic E-state index is 0.0165. The minimum atomic E-state index is -0.0165. The minimum Gasteiger partial charge on any atom is -0.352 e. The SMILES string of the molecule is CC(c1ccccc1)N1CCC(NC(=O)C2CCN(C(=O)c3cccc4ccccc34)CC2)C1. The van der Waals surface area contributed by atoms with E-state index in [0.717, 1.165) is 48.7 Å². The first-order valence-corrected chi connectivity index (χ1v) is 12.5. The number of nitrogens with zero attached hydrogens (tertiary/aromatic N) is 2. The Morgan fingerprint density at radius 2 is 1.56 bits per heavy atom. The van der Waals surface area contributed by atoms with Crippen LogP contribution in [0.25, 0.3) is 10.8 Å². The van der Waals surface area contributed by atoms with Crippen molar-refractivity contribution < 1.29 is 9.59 Å². The molecular weight excluding hydrogens is 422 g/mol. The number of likely N-dealkylation sites (tertiary alicyclic amines) is 2. The molecule has 2 atom stereocenters. The highest BCUT2D eigenvalue weighted by molar-refractivity contribution is 6.07. The van der Waals surface area contributed by atoms with Gasteiger partial charge in [-0.15, -0.1) is 0 Å². The highest BCUT2D eigenvalue weighted by atomic mass is 16.2. The first-order valence-electron chi connectivity index (χ1n) is 12.5. The number of carbonyl (C=O) groups excluding carboxylic acids is 2. The topological polar surface area (TPSA) is 52.7 Å². The zero-order valence-corrected chi connectivity index (χ0v) is 19.8. The van der Waals surface area contributed by atoms with Gasteiger partial charge in [-0.3, -0.25) is 14.5 Å². The molecule has 2 amide bonds. The zero-order valence-electron chi connectivity index (χ0n) is 19.8. The summed E-state index contributed by atoms with van der Waals surface area (Å²) in [6, 6.07) is 25.0. The molecule has 2 heterocycles. The number of fused-ring (bicyclic) bond motifs is 1. The Bertz CT molecular complexity index is 1150. The van der Waals surface area contributed by atoms with Gasteiger partial charge < -0.3 is 10.2 Å². The first-order chi connectivity index (χ1) is 16.6. The molecule has 0 spiro atoms. The second-order valence-electron chi connectivity index (χ2n) is 9.67. The van der Waals surface area contributed by atoms with E-state index in [2.05, 4.69) is 41.4 Å². The molecule has 0 saturated carbocycles. The summed E-state index contributed by atoms with van der Waals surface area (Å²) in [5.74, 6) is 0.200. The van der Waals surface area contributed by atoms with Crippen LogP contribution in [0.5, 0.6) is 0 Å². The van der Waals surface area contributed by atoms with Crippen LogP contribution in [-0.4, -0.2) is 53.8 Å². The van der Waals surface area contributed by atoms with Gasteiger partial charge in [-0.25, -0.2) is 0 Å². The largest absolute Gasteiger partial charge is 0.352 e. The zero-order chi connectivity index (χ0) is 23.5. The molecule has 2 unspecified atom stereocenters. The Hall–Kier alpha value is -3.18. The van der Waals surface area contributed by atoms with Crippen LogP contribution in [-0.2, 0) is 4.79 Å². The summed E-state index contributed by atoms with van der Waals surface area (Å²) < 4.78 is 0. The fourth-order valence-corrected chi connectivity index (χ4v) is 5.45. The summed E-state index contributed by atoms with van der Waals surface area (Å²) in [6.45, 7) is 5.38. The van der Waals surface area contributed by atoms with Gasteiger partial charge in [-0.1, -0.05) is 66.7 Å². The van der Waals surface area contributed by atoms with Crippen molar-refractivity contribution in [3.8, 4) is 0 Å². The average Bonchev–Trinajstić information content (AvgIpc) is 3.36. The Kier molecular flexibility index (Phi) is 6.63. The number of amides is 2. The summed E-state index contributed by atoms with van der Waals surface area (Å²) in [4.78, 5) is 30.6. The van der Waals surface area contributed by atoms with E-state index in [1.165, 1.54) is 5.56 Å². The summed E-state index contributed by atoms with van der Waals surface area (Å²) in [6.07, 6.45) is 2.43. The lowest BCUT2D eigenvalue weighted by molar-refractivity contribution is -0.126. The van der Waals surface area contributed by atoms with Crippen molar-refractivity contribution in [1.29, 1.82) is 0 Å². The molecular formula is C29H33N3O2.